The van der Waals surface area contributed by atoms with Crippen molar-refractivity contribution in [1.29, 1.82) is 0 Å². The zero-order chi connectivity index (χ0) is 14.8. The summed E-state index contributed by atoms with van der Waals surface area (Å²) in [6.45, 7) is 3.42. The van der Waals surface area contributed by atoms with E-state index in [1.165, 1.54) is 0 Å². The molecule has 0 aliphatic rings. The van der Waals surface area contributed by atoms with E-state index in [9.17, 15) is 17.6 Å². The van der Waals surface area contributed by atoms with Gasteiger partial charge in [0.05, 0.1) is 15.5 Å². The number of nitrogens with one attached hydrogen (secondary N) is 1. The minimum absolute atomic E-state index is 0.350. The largest absolute Gasteiger partial charge is 0.478 e. The van der Waals surface area contributed by atoms with E-state index in [1.54, 1.807) is 13.8 Å². The third-order valence-corrected chi connectivity index (χ3v) is 4.46. The van der Waals surface area contributed by atoms with Gasteiger partial charge in [0.1, 0.15) is 5.82 Å². The normalized spacial score (nSPS) is 13.3. The van der Waals surface area contributed by atoms with Gasteiger partial charge in [0.15, 0.2) is 0 Å². The highest BCUT2D eigenvalue weighted by Crippen LogP contribution is 2.24. The standard InChI is InChI=1S/C11H13ClFNO4S/c1-3-6(2)14-19(17,18)7-4-8(11(15)16)10(12)9(13)5-7/h4-6,14H,3H2,1-2H3,(H,15,16). The van der Waals surface area contributed by atoms with Gasteiger partial charge in [-0.3, -0.25) is 0 Å². The van der Waals surface area contributed by atoms with E-state index in [-0.39, 0.29) is 6.04 Å². The van der Waals surface area contributed by atoms with Gasteiger partial charge >= 0.3 is 5.97 Å². The van der Waals surface area contributed by atoms with Crippen LogP contribution in [0.3, 0.4) is 0 Å². The molecule has 0 saturated carbocycles. The number of hydrogen-bond donors (Lipinski definition) is 2. The Kier molecular flexibility index (Phi) is 4.89. The van der Waals surface area contributed by atoms with Gasteiger partial charge in [-0.25, -0.2) is 22.3 Å². The van der Waals surface area contributed by atoms with Gasteiger partial charge in [0.25, 0.3) is 0 Å². The predicted octanol–water partition coefficient (Wildman–Crippen LogP) is 2.25. The van der Waals surface area contributed by atoms with Crippen LogP contribution in [-0.4, -0.2) is 25.5 Å². The second-order valence-electron chi connectivity index (χ2n) is 4.00. The first-order chi connectivity index (χ1) is 8.69. The Labute approximate surface area is 115 Å². The summed E-state index contributed by atoms with van der Waals surface area (Å²) < 4.78 is 39.6. The minimum Gasteiger partial charge on any atom is -0.478 e. The first-order valence-corrected chi connectivity index (χ1v) is 7.29. The van der Waals surface area contributed by atoms with Crippen LogP contribution in [-0.2, 0) is 10.0 Å². The average molecular weight is 310 g/mol. The molecular formula is C11H13ClFNO4S. The molecule has 1 aromatic carbocycles. The molecule has 0 fully saturated rings. The molecule has 1 unspecified atom stereocenters. The Hall–Kier alpha value is -1.18. The van der Waals surface area contributed by atoms with E-state index >= 15 is 0 Å². The monoisotopic (exact) mass is 309 g/mol. The van der Waals surface area contributed by atoms with Crippen LogP contribution in [0.5, 0.6) is 0 Å². The number of halogens is 2. The highest BCUT2D eigenvalue weighted by atomic mass is 35.5. The van der Waals surface area contributed by atoms with Gasteiger partial charge in [-0.2, -0.15) is 0 Å². The fourth-order valence-corrected chi connectivity index (χ4v) is 2.85. The van der Waals surface area contributed by atoms with Gasteiger partial charge in [-0.1, -0.05) is 18.5 Å². The van der Waals surface area contributed by atoms with E-state index in [1.807, 2.05) is 0 Å². The molecule has 0 spiro atoms. The summed E-state index contributed by atoms with van der Waals surface area (Å²) in [6, 6.07) is 1.18. The van der Waals surface area contributed by atoms with Crippen molar-refractivity contribution in [3.8, 4) is 0 Å². The van der Waals surface area contributed by atoms with Crippen molar-refractivity contribution in [3.05, 3.63) is 28.5 Å². The first kappa shape index (κ1) is 15.9. The number of carboxylic acid groups (broad SMARTS) is 1. The van der Waals surface area contributed by atoms with Crippen molar-refractivity contribution in [3.63, 3.8) is 0 Å². The third kappa shape index (κ3) is 3.65. The summed E-state index contributed by atoms with van der Waals surface area (Å²) in [5, 5.41) is 8.23. The van der Waals surface area contributed by atoms with Crippen molar-refractivity contribution < 1.29 is 22.7 Å². The van der Waals surface area contributed by atoms with Gasteiger partial charge in [0, 0.05) is 6.04 Å². The van der Waals surface area contributed by atoms with Crippen molar-refractivity contribution in [2.24, 2.45) is 0 Å². The summed E-state index contributed by atoms with van der Waals surface area (Å²) in [7, 11) is -3.98. The van der Waals surface area contributed by atoms with Crippen LogP contribution in [0.2, 0.25) is 5.02 Å². The van der Waals surface area contributed by atoms with Crippen LogP contribution in [0.1, 0.15) is 30.6 Å². The molecule has 0 radical (unpaired) electrons. The maximum absolute atomic E-state index is 13.5. The molecule has 0 amide bonds. The fraction of sp³-hybridized carbons (Fsp3) is 0.364. The molecule has 0 aliphatic heterocycles. The molecule has 0 aliphatic carbocycles. The van der Waals surface area contributed by atoms with E-state index in [0.717, 1.165) is 6.07 Å². The second-order valence-corrected chi connectivity index (χ2v) is 6.09. The first-order valence-electron chi connectivity index (χ1n) is 5.43. The van der Waals surface area contributed by atoms with Crippen LogP contribution in [0.25, 0.3) is 0 Å². The number of rotatable bonds is 5. The SMILES string of the molecule is CCC(C)NS(=O)(=O)c1cc(F)c(Cl)c(C(=O)O)c1. The number of benzene rings is 1. The number of carboxylic acids is 1. The summed E-state index contributed by atoms with van der Waals surface area (Å²) in [6.07, 6.45) is 0.543. The van der Waals surface area contributed by atoms with Crippen molar-refractivity contribution >= 4 is 27.6 Å². The molecule has 19 heavy (non-hydrogen) atoms. The predicted molar refractivity (Wildman–Crippen MR) is 68.4 cm³/mol. The minimum atomic E-state index is -3.98. The molecule has 0 bridgehead atoms. The molecular weight excluding hydrogens is 297 g/mol. The topological polar surface area (TPSA) is 83.5 Å². The Morgan fingerprint density at radius 3 is 2.58 bits per heavy atom. The zero-order valence-electron chi connectivity index (χ0n) is 10.3. The summed E-state index contributed by atoms with van der Waals surface area (Å²) in [5.41, 5.74) is -0.591. The third-order valence-electron chi connectivity index (χ3n) is 2.51. The lowest BCUT2D eigenvalue weighted by Crippen LogP contribution is -2.32. The molecule has 1 rings (SSSR count). The molecule has 0 saturated heterocycles. The summed E-state index contributed by atoms with van der Waals surface area (Å²) >= 11 is 5.47. The van der Waals surface area contributed by atoms with Crippen molar-refractivity contribution in [2.75, 3.05) is 0 Å². The van der Waals surface area contributed by atoms with Gasteiger partial charge < -0.3 is 5.11 Å². The lowest BCUT2D eigenvalue weighted by molar-refractivity contribution is 0.0696. The molecule has 0 aromatic heterocycles. The molecule has 8 heteroatoms. The second kappa shape index (κ2) is 5.85. The smallest absolute Gasteiger partial charge is 0.337 e. The maximum atomic E-state index is 13.5. The van der Waals surface area contributed by atoms with E-state index in [0.29, 0.717) is 12.5 Å². The van der Waals surface area contributed by atoms with Gasteiger partial charge in [-0.05, 0) is 25.5 Å². The quantitative estimate of drug-likeness (QED) is 0.874. The number of sulfonamides is 1. The zero-order valence-corrected chi connectivity index (χ0v) is 11.8. The molecule has 1 aromatic rings. The Morgan fingerprint density at radius 2 is 2.11 bits per heavy atom. The highest BCUT2D eigenvalue weighted by Gasteiger charge is 2.22. The lowest BCUT2D eigenvalue weighted by atomic mass is 10.2. The van der Waals surface area contributed by atoms with Crippen molar-refractivity contribution in [1.82, 2.24) is 4.72 Å². The van der Waals surface area contributed by atoms with Gasteiger partial charge in [-0.15, -0.1) is 0 Å². The molecule has 106 valence electrons. The van der Waals surface area contributed by atoms with Crippen LogP contribution in [0, 0.1) is 5.82 Å². The van der Waals surface area contributed by atoms with Gasteiger partial charge in [0.2, 0.25) is 10.0 Å². The van der Waals surface area contributed by atoms with Crippen molar-refractivity contribution in [2.45, 2.75) is 31.2 Å². The lowest BCUT2D eigenvalue weighted by Gasteiger charge is -2.13. The molecule has 5 nitrogen and oxygen atoms in total. The Balaban J connectivity index is 3.32. The van der Waals surface area contributed by atoms with Crippen LogP contribution < -0.4 is 4.72 Å². The maximum Gasteiger partial charge on any atom is 0.337 e. The van der Waals surface area contributed by atoms with Crippen LogP contribution in [0.15, 0.2) is 17.0 Å². The highest BCUT2D eigenvalue weighted by molar-refractivity contribution is 7.89. The summed E-state index contributed by atoms with van der Waals surface area (Å²) in [4.78, 5) is 10.4. The van der Waals surface area contributed by atoms with E-state index < -0.39 is 37.3 Å². The van der Waals surface area contributed by atoms with E-state index in [2.05, 4.69) is 4.72 Å². The fourth-order valence-electron chi connectivity index (χ4n) is 1.29. The van der Waals surface area contributed by atoms with E-state index in [4.69, 9.17) is 16.7 Å². The number of carbonyl (C=O) groups is 1. The molecule has 0 heterocycles. The number of hydrogen-bond acceptors (Lipinski definition) is 3. The average Bonchev–Trinajstić information content (AvgIpc) is 2.31. The molecule has 1 atom stereocenters. The Bertz CT molecular complexity index is 603. The molecule has 2 N–H and O–H groups in total. The number of aromatic carboxylic acids is 1. The Morgan fingerprint density at radius 1 is 1.53 bits per heavy atom. The van der Waals surface area contributed by atoms with Crippen LogP contribution >= 0.6 is 11.6 Å². The summed E-state index contributed by atoms with van der Waals surface area (Å²) in [5.74, 6) is -2.59. The van der Waals surface area contributed by atoms with Crippen LogP contribution in [0.4, 0.5) is 4.39 Å².